The lowest BCUT2D eigenvalue weighted by Gasteiger charge is -2.23. The molecule has 1 heterocycles. The monoisotopic (exact) mass is 575 g/mol. The number of anilines is 3. The van der Waals surface area contributed by atoms with E-state index in [-0.39, 0.29) is 5.91 Å². The normalized spacial score (nSPS) is 14.0. The van der Waals surface area contributed by atoms with Gasteiger partial charge < -0.3 is 30.3 Å². The minimum absolute atomic E-state index is 0.0997. The first-order valence-corrected chi connectivity index (χ1v) is 15.2. The van der Waals surface area contributed by atoms with Gasteiger partial charge in [-0.05, 0) is 30.5 Å². The molecular formula is C32H45N7O3. The van der Waals surface area contributed by atoms with Crippen molar-refractivity contribution in [3.63, 3.8) is 0 Å². The molecule has 0 atom stereocenters. The van der Waals surface area contributed by atoms with Crippen molar-refractivity contribution in [2.24, 2.45) is 0 Å². The molecule has 0 bridgehead atoms. The number of hydrogen-bond donors (Lipinski definition) is 3. The van der Waals surface area contributed by atoms with Crippen LogP contribution in [0.4, 0.5) is 17.8 Å². The third-order valence-corrected chi connectivity index (χ3v) is 7.14. The summed E-state index contributed by atoms with van der Waals surface area (Å²) in [5.74, 6) is 1.67. The topological polar surface area (TPSA) is 114 Å². The first-order valence-electron chi connectivity index (χ1n) is 15.2. The maximum atomic E-state index is 12.0. The van der Waals surface area contributed by atoms with Crippen molar-refractivity contribution in [2.75, 3.05) is 62.1 Å². The Bertz CT molecular complexity index is 1180. The lowest BCUT2D eigenvalue weighted by Crippen LogP contribution is -2.27. The van der Waals surface area contributed by atoms with Crippen molar-refractivity contribution in [3.8, 4) is 0 Å². The molecule has 1 fully saturated rings. The van der Waals surface area contributed by atoms with Crippen LogP contribution in [-0.2, 0) is 16.0 Å². The van der Waals surface area contributed by atoms with Crippen molar-refractivity contribution < 1.29 is 14.3 Å². The number of nitrogens with one attached hydrogen (secondary N) is 3. The first kappa shape index (κ1) is 31.2. The number of aromatic nitrogens is 3. The molecule has 0 saturated heterocycles. The van der Waals surface area contributed by atoms with Crippen molar-refractivity contribution in [1.82, 2.24) is 20.3 Å². The molecule has 1 amide bonds. The largest absolute Gasteiger partial charge is 0.377 e. The highest BCUT2D eigenvalue weighted by atomic mass is 16.5. The second-order valence-corrected chi connectivity index (χ2v) is 10.6. The van der Waals surface area contributed by atoms with Gasteiger partial charge in [-0.2, -0.15) is 15.0 Å². The zero-order valence-corrected chi connectivity index (χ0v) is 24.8. The fourth-order valence-electron chi connectivity index (χ4n) is 4.88. The maximum Gasteiger partial charge on any atom is 0.251 e. The van der Waals surface area contributed by atoms with E-state index in [1.54, 1.807) is 12.1 Å². The number of nitrogens with zero attached hydrogens (tertiary/aromatic N) is 4. The molecule has 42 heavy (non-hydrogen) atoms. The van der Waals surface area contributed by atoms with E-state index in [0.717, 1.165) is 12.8 Å². The van der Waals surface area contributed by atoms with Crippen molar-refractivity contribution in [3.05, 3.63) is 71.8 Å². The van der Waals surface area contributed by atoms with Crippen LogP contribution in [0.5, 0.6) is 0 Å². The molecule has 0 spiro atoms. The Balaban J connectivity index is 1.20. The van der Waals surface area contributed by atoms with Gasteiger partial charge in [0.25, 0.3) is 5.91 Å². The summed E-state index contributed by atoms with van der Waals surface area (Å²) < 4.78 is 11.3. The van der Waals surface area contributed by atoms with Gasteiger partial charge in [-0.3, -0.25) is 4.79 Å². The summed E-state index contributed by atoms with van der Waals surface area (Å²) in [6.07, 6.45) is 8.67. The zero-order chi connectivity index (χ0) is 29.2. The summed E-state index contributed by atoms with van der Waals surface area (Å²) in [5, 5.41) is 9.75. The van der Waals surface area contributed by atoms with Gasteiger partial charge in [-0.25, -0.2) is 0 Å². The van der Waals surface area contributed by atoms with Gasteiger partial charge in [0, 0.05) is 38.3 Å². The van der Waals surface area contributed by atoms with E-state index in [2.05, 4.69) is 33.1 Å². The van der Waals surface area contributed by atoms with E-state index in [4.69, 9.17) is 19.4 Å². The third-order valence-electron chi connectivity index (χ3n) is 7.14. The summed E-state index contributed by atoms with van der Waals surface area (Å²) in [6.45, 7) is 3.55. The Morgan fingerprint density at radius 2 is 1.40 bits per heavy atom. The van der Waals surface area contributed by atoms with Crippen LogP contribution < -0.4 is 20.9 Å². The second kappa shape index (κ2) is 17.9. The highest BCUT2D eigenvalue weighted by Gasteiger charge is 2.16. The SMILES string of the molecule is CN(Cc1ccccc1)c1nc(NCCOCCOCCNC(=O)c2ccccc2)nc(NC2CCCCCCC2)n1. The van der Waals surface area contributed by atoms with E-state index >= 15 is 0 Å². The molecule has 10 heteroatoms. The highest BCUT2D eigenvalue weighted by Crippen LogP contribution is 2.21. The van der Waals surface area contributed by atoms with Gasteiger partial charge in [0.2, 0.25) is 17.8 Å². The second-order valence-electron chi connectivity index (χ2n) is 10.6. The summed E-state index contributed by atoms with van der Waals surface area (Å²) in [7, 11) is 2.00. The van der Waals surface area contributed by atoms with Crippen LogP contribution in [0.25, 0.3) is 0 Å². The standard InChI is InChI=1S/C32H45N7O3/c1-39(25-26-13-7-5-8-14-26)32-37-30(36-31(38-32)35-28-17-11-3-2-4-12-18-28)34-20-22-42-24-23-41-21-19-33-29(40)27-15-9-6-10-16-27/h5-10,13-16,28H,2-4,11-12,17-25H2,1H3,(H,33,40)(H2,34,35,36,37,38). The third kappa shape index (κ3) is 11.3. The number of rotatable bonds is 16. The Morgan fingerprint density at radius 1 is 0.786 bits per heavy atom. The van der Waals surface area contributed by atoms with Crippen LogP contribution in [0.1, 0.15) is 60.9 Å². The van der Waals surface area contributed by atoms with E-state index in [1.165, 1.54) is 37.7 Å². The maximum absolute atomic E-state index is 12.0. The van der Waals surface area contributed by atoms with Gasteiger partial charge in [0.15, 0.2) is 0 Å². The highest BCUT2D eigenvalue weighted by molar-refractivity contribution is 5.94. The minimum Gasteiger partial charge on any atom is -0.377 e. The van der Waals surface area contributed by atoms with Crippen LogP contribution in [0.2, 0.25) is 0 Å². The van der Waals surface area contributed by atoms with Crippen LogP contribution in [-0.4, -0.2) is 73.5 Å². The van der Waals surface area contributed by atoms with Crippen molar-refractivity contribution in [1.29, 1.82) is 0 Å². The van der Waals surface area contributed by atoms with Gasteiger partial charge in [-0.15, -0.1) is 0 Å². The molecule has 3 aromatic rings. The van der Waals surface area contributed by atoms with Gasteiger partial charge in [-0.1, -0.05) is 80.6 Å². The number of hydrogen-bond acceptors (Lipinski definition) is 9. The van der Waals surface area contributed by atoms with E-state index < -0.39 is 0 Å². The molecule has 1 saturated carbocycles. The van der Waals surface area contributed by atoms with Crippen LogP contribution in [0.15, 0.2) is 60.7 Å². The lowest BCUT2D eigenvalue weighted by atomic mass is 9.97. The van der Waals surface area contributed by atoms with E-state index in [1.807, 2.05) is 48.3 Å². The molecule has 2 aromatic carbocycles. The number of amides is 1. The molecule has 0 radical (unpaired) electrons. The fourth-order valence-corrected chi connectivity index (χ4v) is 4.88. The number of carbonyl (C=O) groups excluding carboxylic acids is 1. The first-order chi connectivity index (χ1) is 20.7. The smallest absolute Gasteiger partial charge is 0.251 e. The molecule has 0 aliphatic heterocycles. The molecule has 1 aromatic heterocycles. The number of benzene rings is 2. The summed E-state index contributed by atoms with van der Waals surface area (Å²) >= 11 is 0. The molecule has 1 aliphatic carbocycles. The molecule has 226 valence electrons. The van der Waals surface area contributed by atoms with Crippen LogP contribution in [0.3, 0.4) is 0 Å². The summed E-state index contributed by atoms with van der Waals surface area (Å²) in [6, 6.07) is 19.8. The Morgan fingerprint density at radius 3 is 2.12 bits per heavy atom. The average molecular weight is 576 g/mol. The van der Waals surface area contributed by atoms with Crippen molar-refractivity contribution in [2.45, 2.75) is 57.5 Å². The quantitative estimate of drug-likeness (QED) is 0.205. The Kier molecular flexibility index (Phi) is 13.3. The molecule has 4 rings (SSSR count). The summed E-state index contributed by atoms with van der Waals surface area (Å²) in [4.78, 5) is 28.2. The number of carbonyl (C=O) groups is 1. The predicted molar refractivity (Wildman–Crippen MR) is 167 cm³/mol. The lowest BCUT2D eigenvalue weighted by molar-refractivity contribution is 0.0519. The van der Waals surface area contributed by atoms with Crippen LogP contribution in [0, 0.1) is 0 Å². The van der Waals surface area contributed by atoms with Crippen LogP contribution >= 0.6 is 0 Å². The molecule has 10 nitrogen and oxygen atoms in total. The summed E-state index contributed by atoms with van der Waals surface area (Å²) in [5.41, 5.74) is 1.84. The Hall–Kier alpha value is -3.76. The van der Waals surface area contributed by atoms with Gasteiger partial charge in [0.05, 0.1) is 26.4 Å². The zero-order valence-electron chi connectivity index (χ0n) is 24.8. The molecule has 3 N–H and O–H groups in total. The molecule has 1 aliphatic rings. The molecule has 0 unspecified atom stereocenters. The van der Waals surface area contributed by atoms with Crippen molar-refractivity contribution >= 4 is 23.8 Å². The molecular weight excluding hydrogens is 530 g/mol. The van der Waals surface area contributed by atoms with E-state index in [0.29, 0.717) is 75.5 Å². The predicted octanol–water partition coefficient (Wildman–Crippen LogP) is 4.91. The fraction of sp³-hybridized carbons (Fsp3) is 0.500. The van der Waals surface area contributed by atoms with E-state index in [9.17, 15) is 4.79 Å². The van der Waals surface area contributed by atoms with Gasteiger partial charge in [0.1, 0.15) is 0 Å². The van der Waals surface area contributed by atoms with Gasteiger partial charge >= 0.3 is 0 Å². The number of ether oxygens (including phenoxy) is 2. The average Bonchev–Trinajstić information content (AvgIpc) is 3.00. The Labute approximate surface area is 249 Å². The minimum atomic E-state index is -0.0997.